The van der Waals surface area contributed by atoms with Crippen molar-refractivity contribution in [2.45, 2.75) is 44.7 Å². The summed E-state index contributed by atoms with van der Waals surface area (Å²) in [6, 6.07) is 14.9. The number of amides is 1. The molecule has 10 heteroatoms. The molecule has 0 spiro atoms. The molecule has 4 aromatic rings. The number of quaternary nitrogens is 1. The van der Waals surface area contributed by atoms with Crippen LogP contribution in [0.3, 0.4) is 0 Å². The van der Waals surface area contributed by atoms with Gasteiger partial charge in [0.25, 0.3) is 5.91 Å². The van der Waals surface area contributed by atoms with E-state index in [1.54, 1.807) is 29.5 Å². The predicted molar refractivity (Wildman–Crippen MR) is 135 cm³/mol. The zero-order valence-electron chi connectivity index (χ0n) is 20.2. The molecule has 2 aromatic heterocycles. The third-order valence-electron chi connectivity index (χ3n) is 6.36. The van der Waals surface area contributed by atoms with Crippen molar-refractivity contribution in [3.8, 4) is 11.5 Å². The predicted octanol–water partition coefficient (Wildman–Crippen LogP) is 3.48. The molecule has 0 aliphatic carbocycles. The van der Waals surface area contributed by atoms with Crippen molar-refractivity contribution < 1.29 is 19.9 Å². The third-order valence-corrected chi connectivity index (χ3v) is 7.43. The fraction of sp³-hybridized carbons (Fsp3) is 0.308. The molecule has 2 atom stereocenters. The van der Waals surface area contributed by atoms with Gasteiger partial charge in [-0.2, -0.15) is 5.48 Å². The molecule has 1 aliphatic heterocycles. The van der Waals surface area contributed by atoms with Gasteiger partial charge in [-0.3, -0.25) is 4.79 Å². The lowest BCUT2D eigenvalue weighted by atomic mass is 9.94. The molecule has 0 unspecified atom stereocenters. The highest BCUT2D eigenvalue weighted by atomic mass is 32.1. The van der Waals surface area contributed by atoms with Gasteiger partial charge in [0, 0.05) is 40.9 Å². The fourth-order valence-corrected chi connectivity index (χ4v) is 5.54. The summed E-state index contributed by atoms with van der Waals surface area (Å²) in [5.41, 5.74) is 10.1. The Morgan fingerprint density at radius 2 is 2.08 bits per heavy atom. The standard InChI is InChI=1S/C26H28N6O3S/c1-16-15-36-23(28-16)21-9-6-10-32(21)24(33)19-11-18(12-20(13-19)31-34)22-29-30-25(35-22)26(2,27)14-17-7-4-3-5-8-17/h3-5,7-8,11-13,15,21,31,34H,6,9-10,14,27H2,1-2H3/p+1/t21-,26-/m1/s1. The Bertz CT molecular complexity index is 1370. The quantitative estimate of drug-likeness (QED) is 0.258. The number of carbonyl (C=O) groups is 1. The maximum absolute atomic E-state index is 13.6. The average molecular weight is 506 g/mol. The Hall–Kier alpha value is -3.44. The summed E-state index contributed by atoms with van der Waals surface area (Å²) in [6.45, 7) is 4.46. The molecule has 1 amide bonds. The maximum Gasteiger partial charge on any atom is 0.254 e. The van der Waals surface area contributed by atoms with Crippen molar-refractivity contribution in [3.63, 3.8) is 0 Å². The molecule has 0 bridgehead atoms. The summed E-state index contributed by atoms with van der Waals surface area (Å²) in [6.07, 6.45) is 2.31. The lowest BCUT2D eigenvalue weighted by Gasteiger charge is -2.23. The van der Waals surface area contributed by atoms with Gasteiger partial charge in [0.15, 0.2) is 5.69 Å². The average Bonchev–Trinajstić information content (AvgIpc) is 3.64. The highest BCUT2D eigenvalue weighted by molar-refractivity contribution is 7.09. The van der Waals surface area contributed by atoms with Gasteiger partial charge in [-0.05, 0) is 44.7 Å². The van der Waals surface area contributed by atoms with Crippen LogP contribution in [-0.4, -0.2) is 37.7 Å². The second kappa shape index (κ2) is 9.90. The van der Waals surface area contributed by atoms with Crippen molar-refractivity contribution in [2.24, 2.45) is 5.73 Å². The first-order valence-electron chi connectivity index (χ1n) is 11.9. The van der Waals surface area contributed by atoms with E-state index in [1.165, 1.54) is 0 Å². The molecule has 36 heavy (non-hydrogen) atoms. The number of hydrogen-bond acceptors (Lipinski definition) is 8. The number of likely N-dealkylation sites (tertiary alicyclic amines) is 1. The number of hydrogen-bond donors (Lipinski definition) is 3. The molecule has 0 radical (unpaired) electrons. The molecule has 1 saturated heterocycles. The number of thiazole rings is 1. The van der Waals surface area contributed by atoms with Crippen LogP contribution in [0.25, 0.3) is 11.5 Å². The van der Waals surface area contributed by atoms with Gasteiger partial charge < -0.3 is 15.1 Å². The Labute approximate surface area is 213 Å². The number of benzene rings is 2. The summed E-state index contributed by atoms with van der Waals surface area (Å²) >= 11 is 1.58. The Kier molecular flexibility index (Phi) is 6.67. The summed E-state index contributed by atoms with van der Waals surface area (Å²) in [5.74, 6) is 0.412. The minimum Gasteiger partial charge on any atom is -0.419 e. The number of aryl methyl sites for hydroxylation is 1. The Balaban J connectivity index is 1.42. The first-order chi connectivity index (χ1) is 17.3. The minimum absolute atomic E-state index is 0.0487. The molecule has 9 nitrogen and oxygen atoms in total. The van der Waals surface area contributed by atoms with Gasteiger partial charge in [-0.1, -0.05) is 30.3 Å². The Morgan fingerprint density at radius 1 is 1.28 bits per heavy atom. The van der Waals surface area contributed by atoms with Gasteiger partial charge in [-0.25, -0.2) is 10.2 Å². The first kappa shape index (κ1) is 24.3. The first-order valence-corrected chi connectivity index (χ1v) is 12.7. The minimum atomic E-state index is -0.874. The number of nitrogens with zero attached hydrogens (tertiary/aromatic N) is 4. The third kappa shape index (κ3) is 4.93. The van der Waals surface area contributed by atoms with Crippen LogP contribution in [0.2, 0.25) is 0 Å². The largest absolute Gasteiger partial charge is 0.419 e. The van der Waals surface area contributed by atoms with Crippen LogP contribution >= 0.6 is 11.3 Å². The Morgan fingerprint density at radius 3 is 2.81 bits per heavy atom. The number of nitrogens with two attached hydrogens (primary N) is 2. The lowest BCUT2D eigenvalue weighted by molar-refractivity contribution is -0.825. The molecular weight excluding hydrogens is 476 g/mol. The second-order valence-corrected chi connectivity index (χ2v) is 10.3. The smallest absolute Gasteiger partial charge is 0.254 e. The zero-order valence-corrected chi connectivity index (χ0v) is 21.0. The van der Waals surface area contributed by atoms with Crippen LogP contribution in [0.5, 0.6) is 0 Å². The summed E-state index contributed by atoms with van der Waals surface area (Å²) in [4.78, 5) is 20.0. The van der Waals surface area contributed by atoms with E-state index in [0.29, 0.717) is 35.7 Å². The number of carbonyl (C=O) groups excluding carboxylic acids is 1. The van der Waals surface area contributed by atoms with Crippen LogP contribution < -0.4 is 11.2 Å². The normalized spacial score (nSPS) is 17.3. The van der Waals surface area contributed by atoms with E-state index in [9.17, 15) is 10.0 Å². The van der Waals surface area contributed by atoms with Gasteiger partial charge in [-0.15, -0.1) is 21.5 Å². The topological polar surface area (TPSA) is 135 Å². The van der Waals surface area contributed by atoms with E-state index >= 15 is 0 Å². The van der Waals surface area contributed by atoms with Crippen LogP contribution in [0.15, 0.2) is 58.3 Å². The van der Waals surface area contributed by atoms with Gasteiger partial charge in [0.1, 0.15) is 5.01 Å². The van der Waals surface area contributed by atoms with E-state index in [2.05, 4.69) is 15.2 Å². The van der Waals surface area contributed by atoms with E-state index in [-0.39, 0.29) is 17.8 Å². The highest BCUT2D eigenvalue weighted by Crippen LogP contribution is 2.35. The summed E-state index contributed by atoms with van der Waals surface area (Å²) < 4.78 is 5.98. The number of aromatic nitrogens is 3. The van der Waals surface area contributed by atoms with Crippen molar-refractivity contribution in [1.82, 2.24) is 20.1 Å². The highest BCUT2D eigenvalue weighted by Gasteiger charge is 2.33. The lowest BCUT2D eigenvalue weighted by Crippen LogP contribution is -2.73. The van der Waals surface area contributed by atoms with Crippen LogP contribution in [-0.2, 0) is 12.0 Å². The van der Waals surface area contributed by atoms with Crippen LogP contribution in [0.4, 0.5) is 5.69 Å². The molecular formula is C26H29N6O3S+. The molecule has 186 valence electrons. The SMILES string of the molecule is Cc1csc([C@H]2CCCN2C(=O)c2cc([NH2+]O)cc(-c3nnc([C@](C)(N)Cc4ccccc4)o3)c2)n1. The van der Waals surface area contributed by atoms with Crippen molar-refractivity contribution >= 4 is 22.9 Å². The fourth-order valence-electron chi connectivity index (χ4n) is 4.60. The van der Waals surface area contributed by atoms with E-state index in [0.717, 1.165) is 34.6 Å². The monoisotopic (exact) mass is 505 g/mol. The maximum atomic E-state index is 13.6. The molecule has 1 aliphatic rings. The summed E-state index contributed by atoms with van der Waals surface area (Å²) in [7, 11) is 0. The molecule has 1 fully saturated rings. The molecule has 0 saturated carbocycles. The van der Waals surface area contributed by atoms with Gasteiger partial charge in [0.05, 0.1) is 11.6 Å². The zero-order chi connectivity index (χ0) is 25.3. The van der Waals surface area contributed by atoms with Gasteiger partial charge >= 0.3 is 0 Å². The second-order valence-electron chi connectivity index (χ2n) is 9.45. The van der Waals surface area contributed by atoms with Crippen molar-refractivity contribution in [1.29, 1.82) is 0 Å². The molecule has 3 heterocycles. The number of rotatable bonds is 7. The van der Waals surface area contributed by atoms with Crippen LogP contribution in [0, 0.1) is 6.92 Å². The van der Waals surface area contributed by atoms with Crippen molar-refractivity contribution in [3.05, 3.63) is 81.6 Å². The van der Waals surface area contributed by atoms with E-state index in [4.69, 9.17) is 10.2 Å². The van der Waals surface area contributed by atoms with Crippen molar-refractivity contribution in [2.75, 3.05) is 6.54 Å². The van der Waals surface area contributed by atoms with Gasteiger partial charge in [0.2, 0.25) is 11.8 Å². The van der Waals surface area contributed by atoms with E-state index < -0.39 is 5.54 Å². The molecule has 2 aromatic carbocycles. The van der Waals surface area contributed by atoms with E-state index in [1.807, 2.05) is 54.5 Å². The molecule has 5 N–H and O–H groups in total. The summed E-state index contributed by atoms with van der Waals surface area (Å²) in [5, 5.41) is 21.1. The van der Waals surface area contributed by atoms with Crippen LogP contribution in [0.1, 0.15) is 58.3 Å². The molecule has 5 rings (SSSR count).